The number of thioether (sulfide) groups is 1. The van der Waals surface area contributed by atoms with Gasteiger partial charge in [-0.25, -0.2) is 0 Å². The van der Waals surface area contributed by atoms with Gasteiger partial charge in [-0.2, -0.15) is 11.8 Å². The van der Waals surface area contributed by atoms with Crippen LogP contribution in [0.25, 0.3) is 0 Å². The highest BCUT2D eigenvalue weighted by Gasteiger charge is 2.25. The number of aliphatic hydroxyl groups is 2. The number of hydrogen-bond donors (Lipinski definition) is 3. The molecule has 0 saturated carbocycles. The van der Waals surface area contributed by atoms with Gasteiger partial charge < -0.3 is 15.5 Å². The molecule has 0 fully saturated rings. The maximum Gasteiger partial charge on any atom is 0.0985 e. The number of benzene rings is 2. The van der Waals surface area contributed by atoms with Crippen LogP contribution in [0.15, 0.2) is 48.5 Å². The topological polar surface area (TPSA) is 52.5 Å². The molecule has 6 heteroatoms. The third-order valence-electron chi connectivity index (χ3n) is 4.20. The second-order valence-electron chi connectivity index (χ2n) is 6.10. The van der Waals surface area contributed by atoms with E-state index in [1.54, 1.807) is 23.9 Å². The van der Waals surface area contributed by atoms with Crippen LogP contribution < -0.4 is 5.32 Å². The van der Waals surface area contributed by atoms with E-state index in [2.05, 4.69) is 12.2 Å². The van der Waals surface area contributed by atoms with Crippen LogP contribution >= 0.6 is 35.0 Å². The van der Waals surface area contributed by atoms with Gasteiger partial charge in [-0.05, 0) is 41.8 Å². The summed E-state index contributed by atoms with van der Waals surface area (Å²) in [5, 5.41) is 24.9. The zero-order valence-electron chi connectivity index (χ0n) is 14.7. The maximum atomic E-state index is 11.0. The minimum atomic E-state index is -0.744. The molecule has 26 heavy (non-hydrogen) atoms. The number of hydrogen-bond acceptors (Lipinski definition) is 4. The SMILES string of the molecule is CCC(CSCCO)N[C@H](c1ccc(Cl)cc1)[C@H](O)c1cccc(Cl)c1. The summed E-state index contributed by atoms with van der Waals surface area (Å²) in [5.41, 5.74) is 1.73. The van der Waals surface area contributed by atoms with Crippen LogP contribution in [0.1, 0.15) is 36.6 Å². The number of halogens is 2. The highest BCUT2D eigenvalue weighted by Crippen LogP contribution is 2.31. The van der Waals surface area contributed by atoms with Crippen molar-refractivity contribution in [1.82, 2.24) is 5.32 Å². The Morgan fingerprint density at radius 1 is 1.04 bits per heavy atom. The number of nitrogens with one attached hydrogen (secondary N) is 1. The third kappa shape index (κ3) is 6.45. The van der Waals surface area contributed by atoms with Gasteiger partial charge in [-0.15, -0.1) is 0 Å². The molecule has 3 atom stereocenters. The molecule has 3 N–H and O–H groups in total. The van der Waals surface area contributed by atoms with E-state index in [4.69, 9.17) is 28.3 Å². The van der Waals surface area contributed by atoms with Crippen LogP contribution in [0, 0.1) is 0 Å². The molecule has 0 spiro atoms. The molecule has 0 aliphatic rings. The summed E-state index contributed by atoms with van der Waals surface area (Å²) < 4.78 is 0. The summed E-state index contributed by atoms with van der Waals surface area (Å²) in [4.78, 5) is 0. The predicted octanol–water partition coefficient (Wildman–Crippen LogP) is 4.86. The van der Waals surface area contributed by atoms with E-state index in [1.165, 1.54) is 0 Å². The summed E-state index contributed by atoms with van der Waals surface area (Å²) in [6, 6.07) is 14.8. The fourth-order valence-corrected chi connectivity index (χ4v) is 3.99. The Bertz CT molecular complexity index is 669. The molecule has 2 aromatic carbocycles. The number of aliphatic hydroxyl groups excluding tert-OH is 2. The van der Waals surface area contributed by atoms with Crippen LogP contribution in [0.5, 0.6) is 0 Å². The first kappa shape index (κ1) is 21.5. The van der Waals surface area contributed by atoms with Gasteiger partial charge >= 0.3 is 0 Å². The molecule has 0 amide bonds. The minimum Gasteiger partial charge on any atom is -0.396 e. The Kier molecular flexibility index (Phi) is 9.26. The van der Waals surface area contributed by atoms with Gasteiger partial charge in [-0.1, -0.05) is 54.4 Å². The molecule has 1 unspecified atom stereocenters. The Morgan fingerprint density at radius 3 is 2.38 bits per heavy atom. The van der Waals surface area contributed by atoms with Crippen molar-refractivity contribution in [2.24, 2.45) is 0 Å². The molecule has 0 heterocycles. The first-order valence-corrected chi connectivity index (χ1v) is 10.6. The Labute approximate surface area is 169 Å². The quantitative estimate of drug-likeness (QED) is 0.486. The molecule has 0 aliphatic heterocycles. The smallest absolute Gasteiger partial charge is 0.0985 e. The van der Waals surface area contributed by atoms with Gasteiger partial charge in [0, 0.05) is 27.6 Å². The van der Waals surface area contributed by atoms with Crippen molar-refractivity contribution >= 4 is 35.0 Å². The highest BCUT2D eigenvalue weighted by atomic mass is 35.5. The van der Waals surface area contributed by atoms with E-state index in [0.29, 0.717) is 15.8 Å². The summed E-state index contributed by atoms with van der Waals surface area (Å²) in [7, 11) is 0. The lowest BCUT2D eigenvalue weighted by Gasteiger charge is -2.29. The van der Waals surface area contributed by atoms with E-state index in [1.807, 2.05) is 36.4 Å². The lowest BCUT2D eigenvalue weighted by atomic mass is 9.95. The molecule has 0 aromatic heterocycles. The average molecular weight is 414 g/mol. The second kappa shape index (κ2) is 11.2. The van der Waals surface area contributed by atoms with Gasteiger partial charge in [-0.3, -0.25) is 0 Å². The van der Waals surface area contributed by atoms with Gasteiger partial charge in [0.2, 0.25) is 0 Å². The van der Waals surface area contributed by atoms with Gasteiger partial charge in [0.05, 0.1) is 18.8 Å². The first-order valence-electron chi connectivity index (χ1n) is 8.68. The van der Waals surface area contributed by atoms with Crippen LogP contribution in [-0.2, 0) is 0 Å². The van der Waals surface area contributed by atoms with E-state index in [-0.39, 0.29) is 18.7 Å². The average Bonchev–Trinajstić information content (AvgIpc) is 2.65. The molecular weight excluding hydrogens is 389 g/mol. The van der Waals surface area contributed by atoms with Gasteiger partial charge in [0.15, 0.2) is 0 Å². The van der Waals surface area contributed by atoms with E-state index in [9.17, 15) is 5.11 Å². The summed E-state index contributed by atoms with van der Waals surface area (Å²) in [6.07, 6.45) is 0.178. The first-order chi connectivity index (χ1) is 12.5. The lowest BCUT2D eigenvalue weighted by Crippen LogP contribution is -2.37. The van der Waals surface area contributed by atoms with E-state index in [0.717, 1.165) is 23.3 Å². The molecular formula is C20H25Cl2NO2S. The Morgan fingerprint density at radius 2 is 1.77 bits per heavy atom. The summed E-state index contributed by atoms with van der Waals surface area (Å²) >= 11 is 13.8. The van der Waals surface area contributed by atoms with Crippen molar-refractivity contribution in [2.75, 3.05) is 18.1 Å². The largest absolute Gasteiger partial charge is 0.396 e. The lowest BCUT2D eigenvalue weighted by molar-refractivity contribution is 0.122. The van der Waals surface area contributed by atoms with Crippen molar-refractivity contribution in [3.8, 4) is 0 Å². The molecule has 2 rings (SSSR count). The molecule has 0 aliphatic carbocycles. The molecule has 0 saturated heterocycles. The van der Waals surface area contributed by atoms with E-state index >= 15 is 0 Å². The fraction of sp³-hybridized carbons (Fsp3) is 0.400. The normalized spacial score (nSPS) is 14.8. The maximum absolute atomic E-state index is 11.0. The van der Waals surface area contributed by atoms with Crippen LogP contribution in [0.4, 0.5) is 0 Å². The zero-order valence-corrected chi connectivity index (χ0v) is 17.1. The van der Waals surface area contributed by atoms with Gasteiger partial charge in [0.25, 0.3) is 0 Å². The molecule has 2 aromatic rings. The molecule has 0 bridgehead atoms. The fourth-order valence-electron chi connectivity index (χ4n) is 2.75. The zero-order chi connectivity index (χ0) is 18.9. The number of rotatable bonds is 10. The van der Waals surface area contributed by atoms with Crippen molar-refractivity contribution < 1.29 is 10.2 Å². The van der Waals surface area contributed by atoms with Crippen LogP contribution in [0.2, 0.25) is 10.0 Å². The van der Waals surface area contributed by atoms with Gasteiger partial charge in [0.1, 0.15) is 0 Å². The Balaban J connectivity index is 2.24. The molecule has 142 valence electrons. The minimum absolute atomic E-state index is 0.173. The van der Waals surface area contributed by atoms with Crippen LogP contribution in [-0.4, -0.2) is 34.4 Å². The third-order valence-corrected chi connectivity index (χ3v) is 5.79. The predicted molar refractivity (Wildman–Crippen MR) is 112 cm³/mol. The molecule has 0 radical (unpaired) electrons. The standard InChI is InChI=1S/C20H25Cl2NO2S/c1-2-18(13-26-11-10-24)23-19(14-6-8-16(21)9-7-14)20(25)15-4-3-5-17(22)12-15/h3-9,12,18-20,23-25H,2,10-11,13H2,1H3/t18?,19-,20-/m1/s1. The summed E-state index contributed by atoms with van der Waals surface area (Å²) in [6.45, 7) is 2.29. The van der Waals surface area contributed by atoms with Crippen LogP contribution in [0.3, 0.4) is 0 Å². The van der Waals surface area contributed by atoms with Crippen molar-refractivity contribution in [3.63, 3.8) is 0 Å². The Hall–Kier alpha value is -0.750. The van der Waals surface area contributed by atoms with Crippen molar-refractivity contribution in [1.29, 1.82) is 0 Å². The monoisotopic (exact) mass is 413 g/mol. The molecule has 3 nitrogen and oxygen atoms in total. The van der Waals surface area contributed by atoms with E-state index < -0.39 is 6.10 Å². The second-order valence-corrected chi connectivity index (χ2v) is 8.12. The van der Waals surface area contributed by atoms with Crippen molar-refractivity contribution in [2.45, 2.75) is 31.5 Å². The van der Waals surface area contributed by atoms with Crippen molar-refractivity contribution in [3.05, 3.63) is 69.7 Å². The summed E-state index contributed by atoms with van der Waals surface area (Å²) in [5.74, 6) is 1.57. The highest BCUT2D eigenvalue weighted by molar-refractivity contribution is 7.99.